The van der Waals surface area contributed by atoms with Crippen LogP contribution in [0, 0.1) is 6.92 Å². The minimum atomic E-state index is -0.192. The molecule has 2 rings (SSSR count). The van der Waals surface area contributed by atoms with Gasteiger partial charge in [-0.05, 0) is 43.5 Å². The fourth-order valence-electron chi connectivity index (χ4n) is 2.08. The summed E-state index contributed by atoms with van der Waals surface area (Å²) in [6.45, 7) is 3.58. The van der Waals surface area contributed by atoms with Crippen LogP contribution in [-0.4, -0.2) is 24.2 Å². The van der Waals surface area contributed by atoms with E-state index in [1.165, 1.54) is 11.0 Å². The SMILES string of the molecule is C/C(=C/C=O)C(=O)N(C)c1ccc2c(C)nccc2c1. The molecule has 0 N–H and O–H groups in total. The number of anilines is 1. The first-order valence-electron chi connectivity index (χ1n) is 6.30. The predicted octanol–water partition coefficient (Wildman–Crippen LogP) is 2.65. The van der Waals surface area contributed by atoms with Crippen molar-refractivity contribution in [1.29, 1.82) is 0 Å². The van der Waals surface area contributed by atoms with Crippen LogP contribution in [0.15, 0.2) is 42.1 Å². The number of hydrogen-bond donors (Lipinski definition) is 0. The van der Waals surface area contributed by atoms with E-state index in [-0.39, 0.29) is 5.91 Å². The normalized spacial score (nSPS) is 11.4. The van der Waals surface area contributed by atoms with Gasteiger partial charge in [0, 0.05) is 35.6 Å². The molecule has 102 valence electrons. The Morgan fingerprint density at radius 1 is 1.30 bits per heavy atom. The van der Waals surface area contributed by atoms with Crippen molar-refractivity contribution in [3.63, 3.8) is 0 Å². The number of benzene rings is 1. The third-order valence-electron chi connectivity index (χ3n) is 3.29. The Morgan fingerprint density at radius 2 is 2.05 bits per heavy atom. The smallest absolute Gasteiger partial charge is 0.253 e. The monoisotopic (exact) mass is 268 g/mol. The van der Waals surface area contributed by atoms with Crippen LogP contribution in [0.2, 0.25) is 0 Å². The summed E-state index contributed by atoms with van der Waals surface area (Å²) in [6, 6.07) is 7.69. The number of nitrogens with zero attached hydrogens (tertiary/aromatic N) is 2. The molecular weight excluding hydrogens is 252 g/mol. The molecule has 0 saturated carbocycles. The van der Waals surface area contributed by atoms with Crippen molar-refractivity contribution in [3.8, 4) is 0 Å². The van der Waals surface area contributed by atoms with Gasteiger partial charge in [-0.3, -0.25) is 14.6 Å². The van der Waals surface area contributed by atoms with Gasteiger partial charge in [-0.15, -0.1) is 0 Å². The van der Waals surface area contributed by atoms with Gasteiger partial charge in [0.2, 0.25) is 0 Å². The van der Waals surface area contributed by atoms with Gasteiger partial charge in [0.15, 0.2) is 0 Å². The van der Waals surface area contributed by atoms with E-state index in [9.17, 15) is 9.59 Å². The minimum absolute atomic E-state index is 0.192. The van der Waals surface area contributed by atoms with Gasteiger partial charge in [-0.2, -0.15) is 0 Å². The number of aldehydes is 1. The van der Waals surface area contributed by atoms with E-state index in [1.807, 2.05) is 31.2 Å². The number of pyridine rings is 1. The van der Waals surface area contributed by atoms with Crippen molar-refractivity contribution in [2.75, 3.05) is 11.9 Å². The number of carbonyl (C=O) groups is 2. The van der Waals surface area contributed by atoms with E-state index in [1.54, 1.807) is 20.2 Å². The van der Waals surface area contributed by atoms with Gasteiger partial charge in [-0.25, -0.2) is 0 Å². The summed E-state index contributed by atoms with van der Waals surface area (Å²) in [6.07, 6.45) is 3.64. The molecule has 4 nitrogen and oxygen atoms in total. The summed E-state index contributed by atoms with van der Waals surface area (Å²) in [5.41, 5.74) is 2.15. The third kappa shape index (κ3) is 2.59. The lowest BCUT2D eigenvalue weighted by molar-refractivity contribution is -0.115. The molecule has 0 unspecified atom stereocenters. The summed E-state index contributed by atoms with van der Waals surface area (Å²) in [4.78, 5) is 28.3. The van der Waals surface area contributed by atoms with Gasteiger partial charge in [0.25, 0.3) is 5.91 Å². The average Bonchev–Trinajstić information content (AvgIpc) is 2.46. The minimum Gasteiger partial charge on any atom is -0.312 e. The molecule has 4 heteroatoms. The molecule has 0 fully saturated rings. The van der Waals surface area contributed by atoms with Crippen LogP contribution in [0.25, 0.3) is 10.8 Å². The Morgan fingerprint density at radius 3 is 2.75 bits per heavy atom. The maximum Gasteiger partial charge on any atom is 0.253 e. The first-order chi connectivity index (χ1) is 9.54. The van der Waals surface area contributed by atoms with Crippen molar-refractivity contribution < 1.29 is 9.59 Å². The fourth-order valence-corrected chi connectivity index (χ4v) is 2.08. The molecule has 20 heavy (non-hydrogen) atoms. The van der Waals surface area contributed by atoms with Crippen molar-refractivity contribution in [3.05, 3.63) is 47.8 Å². The maximum atomic E-state index is 12.1. The topological polar surface area (TPSA) is 50.3 Å². The summed E-state index contributed by atoms with van der Waals surface area (Å²) in [7, 11) is 1.69. The van der Waals surface area contributed by atoms with Crippen LogP contribution in [0.1, 0.15) is 12.6 Å². The lowest BCUT2D eigenvalue weighted by Crippen LogP contribution is -2.26. The summed E-state index contributed by atoms with van der Waals surface area (Å²) >= 11 is 0. The highest BCUT2D eigenvalue weighted by Crippen LogP contribution is 2.23. The van der Waals surface area contributed by atoms with Crippen LogP contribution in [0.3, 0.4) is 0 Å². The molecule has 0 aliphatic carbocycles. The van der Waals surface area contributed by atoms with E-state index in [0.717, 1.165) is 22.2 Å². The standard InChI is InChI=1S/C16H16N2O2/c1-11(7-9-19)16(20)18(3)14-4-5-15-12(2)17-8-6-13(15)10-14/h4-10H,1-3H3/b11-7-. The van der Waals surface area contributed by atoms with E-state index in [2.05, 4.69) is 4.98 Å². The van der Waals surface area contributed by atoms with Crippen LogP contribution in [0.5, 0.6) is 0 Å². The molecule has 0 saturated heterocycles. The van der Waals surface area contributed by atoms with Crippen molar-refractivity contribution in [1.82, 2.24) is 4.98 Å². The van der Waals surface area contributed by atoms with Gasteiger partial charge in [0.1, 0.15) is 6.29 Å². The second kappa shape index (κ2) is 5.65. The number of carbonyl (C=O) groups excluding carboxylic acids is 2. The number of aryl methyl sites for hydroxylation is 1. The van der Waals surface area contributed by atoms with Crippen LogP contribution < -0.4 is 4.90 Å². The van der Waals surface area contributed by atoms with Gasteiger partial charge < -0.3 is 4.90 Å². The van der Waals surface area contributed by atoms with E-state index in [4.69, 9.17) is 0 Å². The number of allylic oxidation sites excluding steroid dienone is 1. The van der Waals surface area contributed by atoms with Crippen molar-refractivity contribution in [2.24, 2.45) is 0 Å². The van der Waals surface area contributed by atoms with Crippen molar-refractivity contribution in [2.45, 2.75) is 13.8 Å². The Balaban J connectivity index is 2.41. The number of rotatable bonds is 3. The summed E-state index contributed by atoms with van der Waals surface area (Å²) in [5, 5.41) is 2.10. The highest BCUT2D eigenvalue weighted by atomic mass is 16.2. The van der Waals surface area contributed by atoms with Gasteiger partial charge in [0.05, 0.1) is 0 Å². The van der Waals surface area contributed by atoms with E-state index < -0.39 is 0 Å². The van der Waals surface area contributed by atoms with Crippen LogP contribution >= 0.6 is 0 Å². The highest BCUT2D eigenvalue weighted by molar-refractivity contribution is 6.07. The third-order valence-corrected chi connectivity index (χ3v) is 3.29. The maximum absolute atomic E-state index is 12.1. The highest BCUT2D eigenvalue weighted by Gasteiger charge is 2.13. The number of likely N-dealkylation sites (N-methyl/N-ethyl adjacent to an activating group) is 1. The predicted molar refractivity (Wildman–Crippen MR) is 79.7 cm³/mol. The molecule has 0 atom stereocenters. The zero-order valence-corrected chi connectivity index (χ0v) is 11.8. The zero-order valence-electron chi connectivity index (χ0n) is 11.8. The first-order valence-corrected chi connectivity index (χ1v) is 6.30. The second-order valence-electron chi connectivity index (χ2n) is 4.65. The molecule has 1 heterocycles. The molecule has 0 aliphatic rings. The Bertz CT molecular complexity index is 705. The van der Waals surface area contributed by atoms with Crippen molar-refractivity contribution >= 4 is 28.7 Å². The zero-order chi connectivity index (χ0) is 14.7. The van der Waals surface area contributed by atoms with Gasteiger partial charge in [-0.1, -0.05) is 6.07 Å². The lowest BCUT2D eigenvalue weighted by atomic mass is 10.1. The molecule has 2 aromatic rings. The van der Waals surface area contributed by atoms with E-state index in [0.29, 0.717) is 11.9 Å². The molecule has 0 spiro atoms. The molecule has 0 radical (unpaired) electrons. The summed E-state index contributed by atoms with van der Waals surface area (Å²) < 4.78 is 0. The molecule has 1 aromatic carbocycles. The van der Waals surface area contributed by atoms with Gasteiger partial charge >= 0.3 is 0 Å². The molecule has 0 bridgehead atoms. The average molecular weight is 268 g/mol. The number of hydrogen-bond acceptors (Lipinski definition) is 3. The molecule has 0 aliphatic heterocycles. The number of amides is 1. The largest absolute Gasteiger partial charge is 0.312 e. The summed E-state index contributed by atoms with van der Waals surface area (Å²) in [5.74, 6) is -0.192. The Kier molecular flexibility index (Phi) is 3.94. The molecule has 1 aromatic heterocycles. The number of aromatic nitrogens is 1. The first kappa shape index (κ1) is 13.9. The quantitative estimate of drug-likeness (QED) is 0.635. The Hall–Kier alpha value is -2.49. The lowest BCUT2D eigenvalue weighted by Gasteiger charge is -2.18. The second-order valence-corrected chi connectivity index (χ2v) is 4.65. The Labute approximate surface area is 117 Å². The molecular formula is C16H16N2O2. The van der Waals surface area contributed by atoms with E-state index >= 15 is 0 Å². The number of fused-ring (bicyclic) bond motifs is 1. The molecule has 1 amide bonds. The fraction of sp³-hybridized carbons (Fsp3) is 0.188. The van der Waals surface area contributed by atoms with Crippen LogP contribution in [-0.2, 0) is 9.59 Å². The van der Waals surface area contributed by atoms with Crippen LogP contribution in [0.4, 0.5) is 5.69 Å².